The standard InChI is InChI=1S/C17H21N3O/c1-3-12-7-5-6-8-13(12)17-19-15-9-10-21-11-14(15)16(20-17)18-4-2/h5-8H,3-4,9-11H2,1-2H3,(H,18,19,20). The van der Waals surface area contributed by atoms with Gasteiger partial charge >= 0.3 is 0 Å². The van der Waals surface area contributed by atoms with Crippen molar-refractivity contribution >= 4 is 5.82 Å². The lowest BCUT2D eigenvalue weighted by molar-refractivity contribution is 0.109. The highest BCUT2D eigenvalue weighted by atomic mass is 16.5. The third kappa shape index (κ3) is 2.76. The number of rotatable bonds is 4. The minimum Gasteiger partial charge on any atom is -0.376 e. The number of nitrogens with one attached hydrogen (secondary N) is 1. The molecule has 0 amide bonds. The topological polar surface area (TPSA) is 47.0 Å². The maximum atomic E-state index is 5.55. The van der Waals surface area contributed by atoms with Gasteiger partial charge in [-0.2, -0.15) is 0 Å². The van der Waals surface area contributed by atoms with Gasteiger partial charge in [0.25, 0.3) is 0 Å². The van der Waals surface area contributed by atoms with Crippen LogP contribution in [0.2, 0.25) is 0 Å². The van der Waals surface area contributed by atoms with Crippen LogP contribution in [0.15, 0.2) is 24.3 Å². The predicted molar refractivity (Wildman–Crippen MR) is 84.4 cm³/mol. The number of anilines is 1. The molecule has 1 aliphatic rings. The van der Waals surface area contributed by atoms with E-state index in [1.54, 1.807) is 0 Å². The third-order valence-electron chi connectivity index (χ3n) is 3.81. The second-order valence-electron chi connectivity index (χ2n) is 5.16. The number of hydrogen-bond donors (Lipinski definition) is 1. The first-order valence-corrected chi connectivity index (χ1v) is 7.63. The van der Waals surface area contributed by atoms with E-state index in [-0.39, 0.29) is 0 Å². The number of aryl methyl sites for hydroxylation is 1. The van der Waals surface area contributed by atoms with Gasteiger partial charge in [-0.05, 0) is 18.9 Å². The molecule has 3 rings (SSSR count). The van der Waals surface area contributed by atoms with E-state index >= 15 is 0 Å². The summed E-state index contributed by atoms with van der Waals surface area (Å²) in [6.07, 6.45) is 1.84. The van der Waals surface area contributed by atoms with Gasteiger partial charge in [0.1, 0.15) is 5.82 Å². The highest BCUT2D eigenvalue weighted by Crippen LogP contribution is 2.28. The Labute approximate surface area is 125 Å². The summed E-state index contributed by atoms with van der Waals surface area (Å²) in [6, 6.07) is 8.37. The van der Waals surface area contributed by atoms with E-state index in [4.69, 9.17) is 14.7 Å². The fourth-order valence-electron chi connectivity index (χ4n) is 2.71. The molecular formula is C17H21N3O. The fraction of sp³-hybridized carbons (Fsp3) is 0.412. The van der Waals surface area contributed by atoms with Crippen LogP contribution in [0.5, 0.6) is 0 Å². The van der Waals surface area contributed by atoms with Gasteiger partial charge in [-0.15, -0.1) is 0 Å². The van der Waals surface area contributed by atoms with E-state index in [1.165, 1.54) is 5.56 Å². The van der Waals surface area contributed by atoms with Gasteiger partial charge in [0.05, 0.1) is 18.9 Å². The Hall–Kier alpha value is -1.94. The van der Waals surface area contributed by atoms with Crippen molar-refractivity contribution in [1.29, 1.82) is 0 Å². The molecule has 4 heteroatoms. The average molecular weight is 283 g/mol. The van der Waals surface area contributed by atoms with Crippen LogP contribution in [0, 0.1) is 0 Å². The number of hydrogen-bond acceptors (Lipinski definition) is 4. The maximum Gasteiger partial charge on any atom is 0.162 e. The molecule has 110 valence electrons. The lowest BCUT2D eigenvalue weighted by Crippen LogP contribution is -2.17. The molecule has 0 saturated carbocycles. The minimum absolute atomic E-state index is 0.605. The van der Waals surface area contributed by atoms with Gasteiger partial charge in [0, 0.05) is 24.1 Å². The van der Waals surface area contributed by atoms with Crippen LogP contribution in [0.3, 0.4) is 0 Å². The zero-order valence-corrected chi connectivity index (χ0v) is 12.6. The molecule has 0 unspecified atom stereocenters. The highest BCUT2D eigenvalue weighted by Gasteiger charge is 2.19. The second-order valence-corrected chi connectivity index (χ2v) is 5.16. The largest absolute Gasteiger partial charge is 0.376 e. The fourth-order valence-corrected chi connectivity index (χ4v) is 2.71. The molecule has 0 saturated heterocycles. The number of ether oxygens (including phenoxy) is 1. The Kier molecular flexibility index (Phi) is 4.15. The van der Waals surface area contributed by atoms with Crippen LogP contribution in [0.25, 0.3) is 11.4 Å². The van der Waals surface area contributed by atoms with Crippen molar-refractivity contribution in [2.24, 2.45) is 0 Å². The first-order valence-electron chi connectivity index (χ1n) is 7.63. The monoisotopic (exact) mass is 283 g/mol. The Balaban J connectivity index is 2.12. The van der Waals surface area contributed by atoms with Gasteiger partial charge < -0.3 is 10.1 Å². The van der Waals surface area contributed by atoms with Crippen LogP contribution < -0.4 is 5.32 Å². The van der Waals surface area contributed by atoms with Crippen molar-refractivity contribution in [1.82, 2.24) is 9.97 Å². The average Bonchev–Trinajstić information content (AvgIpc) is 2.55. The van der Waals surface area contributed by atoms with Crippen LogP contribution in [-0.2, 0) is 24.2 Å². The molecule has 2 heterocycles. The van der Waals surface area contributed by atoms with Crippen molar-refractivity contribution in [2.75, 3.05) is 18.5 Å². The molecule has 0 spiro atoms. The maximum absolute atomic E-state index is 5.55. The molecule has 1 aromatic carbocycles. The molecule has 0 aliphatic carbocycles. The van der Waals surface area contributed by atoms with Crippen molar-refractivity contribution in [2.45, 2.75) is 33.3 Å². The van der Waals surface area contributed by atoms with E-state index in [0.717, 1.165) is 54.5 Å². The summed E-state index contributed by atoms with van der Waals surface area (Å²) in [5, 5.41) is 3.35. The summed E-state index contributed by atoms with van der Waals surface area (Å²) in [6.45, 7) is 6.43. The number of benzene rings is 1. The Bertz CT molecular complexity index is 640. The molecule has 0 bridgehead atoms. The van der Waals surface area contributed by atoms with Crippen LogP contribution >= 0.6 is 0 Å². The summed E-state index contributed by atoms with van der Waals surface area (Å²) in [5.74, 6) is 1.74. The predicted octanol–water partition coefficient (Wildman–Crippen LogP) is 3.21. The van der Waals surface area contributed by atoms with Crippen LogP contribution in [0.4, 0.5) is 5.82 Å². The van der Waals surface area contributed by atoms with E-state index < -0.39 is 0 Å². The SMILES string of the molecule is CCNc1nc(-c2ccccc2CC)nc2c1COCC2. The second kappa shape index (κ2) is 6.22. The summed E-state index contributed by atoms with van der Waals surface area (Å²) >= 11 is 0. The summed E-state index contributed by atoms with van der Waals surface area (Å²) < 4.78 is 5.55. The van der Waals surface area contributed by atoms with Gasteiger partial charge in [-0.25, -0.2) is 9.97 Å². The summed E-state index contributed by atoms with van der Waals surface area (Å²) in [5.41, 5.74) is 4.65. The van der Waals surface area contributed by atoms with Gasteiger partial charge in [-0.1, -0.05) is 31.2 Å². The normalized spacial score (nSPS) is 13.8. The van der Waals surface area contributed by atoms with Gasteiger partial charge in [0.15, 0.2) is 5.82 Å². The van der Waals surface area contributed by atoms with Crippen molar-refractivity contribution in [3.8, 4) is 11.4 Å². The Morgan fingerprint density at radius 3 is 2.86 bits per heavy atom. The molecular weight excluding hydrogens is 262 g/mol. The summed E-state index contributed by atoms with van der Waals surface area (Å²) in [7, 11) is 0. The lowest BCUT2D eigenvalue weighted by atomic mass is 10.0. The van der Waals surface area contributed by atoms with Crippen molar-refractivity contribution < 1.29 is 4.74 Å². The smallest absolute Gasteiger partial charge is 0.162 e. The molecule has 1 aliphatic heterocycles. The van der Waals surface area contributed by atoms with E-state index in [1.807, 2.05) is 6.07 Å². The number of aromatic nitrogens is 2. The zero-order valence-electron chi connectivity index (χ0n) is 12.6. The van der Waals surface area contributed by atoms with E-state index in [0.29, 0.717) is 6.61 Å². The molecule has 0 fully saturated rings. The first kappa shape index (κ1) is 14.0. The first-order chi connectivity index (χ1) is 10.3. The van der Waals surface area contributed by atoms with Gasteiger partial charge in [-0.3, -0.25) is 0 Å². The van der Waals surface area contributed by atoms with Crippen LogP contribution in [-0.4, -0.2) is 23.1 Å². The highest BCUT2D eigenvalue weighted by molar-refractivity contribution is 5.63. The summed E-state index contributed by atoms with van der Waals surface area (Å²) in [4.78, 5) is 9.56. The van der Waals surface area contributed by atoms with E-state index in [9.17, 15) is 0 Å². The van der Waals surface area contributed by atoms with Crippen LogP contribution in [0.1, 0.15) is 30.7 Å². The molecule has 4 nitrogen and oxygen atoms in total. The molecule has 2 aromatic rings. The number of fused-ring (bicyclic) bond motifs is 1. The van der Waals surface area contributed by atoms with Gasteiger partial charge in [0.2, 0.25) is 0 Å². The molecule has 0 radical (unpaired) electrons. The molecule has 0 atom stereocenters. The Morgan fingerprint density at radius 1 is 1.19 bits per heavy atom. The minimum atomic E-state index is 0.605. The lowest BCUT2D eigenvalue weighted by Gasteiger charge is -2.20. The molecule has 1 aromatic heterocycles. The molecule has 21 heavy (non-hydrogen) atoms. The van der Waals surface area contributed by atoms with Crippen molar-refractivity contribution in [3.05, 3.63) is 41.1 Å². The zero-order chi connectivity index (χ0) is 14.7. The molecule has 1 N–H and O–H groups in total. The third-order valence-corrected chi connectivity index (χ3v) is 3.81. The van der Waals surface area contributed by atoms with Crippen molar-refractivity contribution in [3.63, 3.8) is 0 Å². The van der Waals surface area contributed by atoms with E-state index in [2.05, 4.69) is 37.4 Å². The Morgan fingerprint density at radius 2 is 2.05 bits per heavy atom. The quantitative estimate of drug-likeness (QED) is 0.936. The number of nitrogens with zero attached hydrogens (tertiary/aromatic N) is 2.